The summed E-state index contributed by atoms with van der Waals surface area (Å²) in [5.74, 6) is 0.555. The maximum absolute atomic E-state index is 11.8. The van der Waals surface area contributed by atoms with Crippen molar-refractivity contribution in [3.05, 3.63) is 0 Å². The van der Waals surface area contributed by atoms with Crippen molar-refractivity contribution in [2.24, 2.45) is 17.1 Å². The van der Waals surface area contributed by atoms with Crippen molar-refractivity contribution in [1.82, 2.24) is 4.72 Å². The predicted molar refractivity (Wildman–Crippen MR) is 73.3 cm³/mol. The zero-order valence-corrected chi connectivity index (χ0v) is 12.4. The van der Waals surface area contributed by atoms with E-state index in [4.69, 9.17) is 5.73 Å². The Morgan fingerprint density at radius 2 is 1.88 bits per heavy atom. The van der Waals surface area contributed by atoms with E-state index >= 15 is 0 Å². The molecule has 0 amide bonds. The van der Waals surface area contributed by atoms with Crippen LogP contribution in [0.3, 0.4) is 0 Å². The summed E-state index contributed by atoms with van der Waals surface area (Å²) in [5.41, 5.74) is 5.53. The lowest BCUT2D eigenvalue weighted by Crippen LogP contribution is -2.33. The molecule has 104 valence electrons. The number of sulfonamides is 1. The first kappa shape index (κ1) is 16.9. The molecule has 0 saturated carbocycles. The Morgan fingerprint density at radius 3 is 2.29 bits per heavy atom. The number of nitrogens with one attached hydrogen (secondary N) is 1. The van der Waals surface area contributed by atoms with Gasteiger partial charge in [0.15, 0.2) is 0 Å². The average molecular weight is 264 g/mol. The fourth-order valence-electron chi connectivity index (χ4n) is 1.44. The normalized spacial score (nSPS) is 14.9. The highest BCUT2D eigenvalue weighted by atomic mass is 32.2. The van der Waals surface area contributed by atoms with Crippen LogP contribution in [-0.4, -0.2) is 27.3 Å². The van der Waals surface area contributed by atoms with E-state index in [1.165, 1.54) is 0 Å². The van der Waals surface area contributed by atoms with Gasteiger partial charge in [0, 0.05) is 6.54 Å². The van der Waals surface area contributed by atoms with Gasteiger partial charge in [-0.25, -0.2) is 13.1 Å². The number of hydrogen-bond donors (Lipinski definition) is 2. The van der Waals surface area contributed by atoms with Crippen molar-refractivity contribution < 1.29 is 8.42 Å². The van der Waals surface area contributed by atoms with Crippen LogP contribution in [0.15, 0.2) is 0 Å². The van der Waals surface area contributed by atoms with Crippen LogP contribution in [0.25, 0.3) is 0 Å². The third kappa shape index (κ3) is 9.56. The molecule has 0 aromatic heterocycles. The fraction of sp³-hybridized carbons (Fsp3) is 1.00. The van der Waals surface area contributed by atoms with Crippen molar-refractivity contribution in [1.29, 1.82) is 0 Å². The lowest BCUT2D eigenvalue weighted by atomic mass is 9.94. The summed E-state index contributed by atoms with van der Waals surface area (Å²) < 4.78 is 26.2. The van der Waals surface area contributed by atoms with E-state index in [0.717, 1.165) is 12.8 Å². The summed E-state index contributed by atoms with van der Waals surface area (Å²) >= 11 is 0. The molecular weight excluding hydrogens is 236 g/mol. The molecule has 0 spiro atoms. The number of rotatable bonds is 8. The highest BCUT2D eigenvalue weighted by molar-refractivity contribution is 7.89. The Balaban J connectivity index is 4.09. The highest BCUT2D eigenvalue weighted by Gasteiger charge is 2.18. The van der Waals surface area contributed by atoms with Crippen LogP contribution in [0.5, 0.6) is 0 Å². The molecule has 0 radical (unpaired) electrons. The van der Waals surface area contributed by atoms with Crippen molar-refractivity contribution in [3.63, 3.8) is 0 Å². The molecule has 3 N–H and O–H groups in total. The molecule has 17 heavy (non-hydrogen) atoms. The zero-order chi connectivity index (χ0) is 13.5. The van der Waals surface area contributed by atoms with Crippen LogP contribution in [0.2, 0.25) is 0 Å². The van der Waals surface area contributed by atoms with Gasteiger partial charge in [-0.1, -0.05) is 34.1 Å². The summed E-state index contributed by atoms with van der Waals surface area (Å²) in [6, 6.07) is 0. The molecule has 1 unspecified atom stereocenters. The van der Waals surface area contributed by atoms with Gasteiger partial charge in [0.1, 0.15) is 0 Å². The minimum Gasteiger partial charge on any atom is -0.330 e. The molecule has 0 aromatic carbocycles. The average Bonchev–Trinajstić information content (AvgIpc) is 2.21. The van der Waals surface area contributed by atoms with Crippen molar-refractivity contribution in [3.8, 4) is 0 Å². The molecule has 5 heteroatoms. The van der Waals surface area contributed by atoms with Gasteiger partial charge in [0.05, 0.1) is 5.75 Å². The van der Waals surface area contributed by atoms with Gasteiger partial charge >= 0.3 is 0 Å². The molecule has 0 aliphatic heterocycles. The molecule has 0 rings (SSSR count). The summed E-state index contributed by atoms with van der Waals surface area (Å²) in [5, 5.41) is 0. The highest BCUT2D eigenvalue weighted by Crippen LogP contribution is 2.19. The third-order valence-corrected chi connectivity index (χ3v) is 4.21. The molecule has 0 aliphatic carbocycles. The van der Waals surface area contributed by atoms with E-state index in [2.05, 4.69) is 11.6 Å². The molecule has 0 aromatic rings. The monoisotopic (exact) mass is 264 g/mol. The topological polar surface area (TPSA) is 72.2 Å². The van der Waals surface area contributed by atoms with E-state index < -0.39 is 10.0 Å². The van der Waals surface area contributed by atoms with Gasteiger partial charge in [-0.2, -0.15) is 0 Å². The lowest BCUT2D eigenvalue weighted by molar-refractivity contribution is 0.395. The maximum Gasteiger partial charge on any atom is 0.211 e. The first-order valence-corrected chi connectivity index (χ1v) is 8.03. The molecule has 1 atom stereocenters. The summed E-state index contributed by atoms with van der Waals surface area (Å²) in [4.78, 5) is 0. The van der Waals surface area contributed by atoms with E-state index in [-0.39, 0.29) is 11.2 Å². The van der Waals surface area contributed by atoms with Crippen molar-refractivity contribution in [2.75, 3.05) is 18.8 Å². The molecular formula is C12H28N2O2S. The van der Waals surface area contributed by atoms with E-state index in [1.54, 1.807) is 0 Å². The van der Waals surface area contributed by atoms with Crippen LogP contribution < -0.4 is 10.5 Å². The van der Waals surface area contributed by atoms with Gasteiger partial charge in [-0.3, -0.25) is 0 Å². The first-order valence-electron chi connectivity index (χ1n) is 6.37. The minimum atomic E-state index is -3.13. The Hall–Kier alpha value is -0.130. The second-order valence-corrected chi connectivity index (χ2v) is 7.76. The lowest BCUT2D eigenvalue weighted by Gasteiger charge is -2.19. The Bertz CT molecular complexity index is 294. The van der Waals surface area contributed by atoms with Crippen LogP contribution in [0.4, 0.5) is 0 Å². The molecule has 0 heterocycles. The summed E-state index contributed by atoms with van der Waals surface area (Å²) in [6.07, 6.45) is 2.51. The second kappa shape index (κ2) is 7.34. The molecule has 0 aliphatic rings. The predicted octanol–water partition coefficient (Wildman–Crippen LogP) is 1.72. The van der Waals surface area contributed by atoms with Crippen molar-refractivity contribution >= 4 is 10.0 Å². The molecule has 0 saturated heterocycles. The van der Waals surface area contributed by atoms with E-state index in [9.17, 15) is 8.42 Å². The summed E-state index contributed by atoms with van der Waals surface area (Å²) in [7, 11) is -3.13. The zero-order valence-electron chi connectivity index (χ0n) is 11.6. The van der Waals surface area contributed by atoms with Crippen LogP contribution >= 0.6 is 0 Å². The van der Waals surface area contributed by atoms with Gasteiger partial charge in [-0.05, 0) is 30.7 Å². The molecule has 4 nitrogen and oxygen atoms in total. The smallest absolute Gasteiger partial charge is 0.211 e. The maximum atomic E-state index is 11.8. The Labute approximate surface area is 106 Å². The van der Waals surface area contributed by atoms with Crippen molar-refractivity contribution in [2.45, 2.75) is 47.0 Å². The van der Waals surface area contributed by atoms with Crippen LogP contribution in [0.1, 0.15) is 47.0 Å². The number of hydrogen-bond acceptors (Lipinski definition) is 3. The van der Waals surface area contributed by atoms with Crippen LogP contribution in [0, 0.1) is 11.3 Å². The van der Waals surface area contributed by atoms with Gasteiger partial charge in [0.25, 0.3) is 0 Å². The van der Waals surface area contributed by atoms with Gasteiger partial charge in [-0.15, -0.1) is 0 Å². The van der Waals surface area contributed by atoms with Crippen LogP contribution in [-0.2, 0) is 10.0 Å². The van der Waals surface area contributed by atoms with Gasteiger partial charge in [0.2, 0.25) is 10.0 Å². The quantitative estimate of drug-likeness (QED) is 0.701. The SMILES string of the molecule is CCC(CCN)CNS(=O)(=O)CCC(C)(C)C. The van der Waals surface area contributed by atoms with Gasteiger partial charge < -0.3 is 5.73 Å². The number of nitrogens with two attached hydrogens (primary N) is 1. The third-order valence-electron chi connectivity index (χ3n) is 2.86. The second-order valence-electron chi connectivity index (χ2n) is 5.83. The fourth-order valence-corrected chi connectivity index (χ4v) is 2.96. The molecule has 0 bridgehead atoms. The summed E-state index contributed by atoms with van der Waals surface area (Å²) in [6.45, 7) is 9.33. The Morgan fingerprint density at radius 1 is 1.29 bits per heavy atom. The van der Waals surface area contributed by atoms with E-state index in [1.807, 2.05) is 20.8 Å². The standard InChI is InChI=1S/C12H28N2O2S/c1-5-11(6-8-13)10-14-17(15,16)9-7-12(2,3)4/h11,14H,5-10,13H2,1-4H3. The molecule has 0 fully saturated rings. The van der Waals surface area contributed by atoms with E-state index in [0.29, 0.717) is 25.4 Å². The minimum absolute atomic E-state index is 0.0518. The Kier molecular flexibility index (Phi) is 7.28. The first-order chi connectivity index (χ1) is 7.70. The largest absolute Gasteiger partial charge is 0.330 e.